The minimum atomic E-state index is 0.678. The third-order valence-corrected chi connectivity index (χ3v) is 3.11. The Kier molecular flexibility index (Phi) is 3.01. The van der Waals surface area contributed by atoms with Gasteiger partial charge in [-0.05, 0) is 12.1 Å². The molecule has 0 saturated heterocycles. The van der Waals surface area contributed by atoms with E-state index >= 15 is 0 Å². The molecule has 1 aromatic heterocycles. The predicted molar refractivity (Wildman–Crippen MR) is 67.3 cm³/mol. The van der Waals surface area contributed by atoms with Crippen molar-refractivity contribution in [1.29, 1.82) is 0 Å². The van der Waals surface area contributed by atoms with E-state index < -0.39 is 0 Å². The highest BCUT2D eigenvalue weighted by molar-refractivity contribution is 7.11. The molecule has 0 saturated carbocycles. The summed E-state index contributed by atoms with van der Waals surface area (Å²) >= 11 is 1.37. The van der Waals surface area contributed by atoms with Crippen molar-refractivity contribution in [3.05, 3.63) is 34.7 Å². The van der Waals surface area contributed by atoms with Gasteiger partial charge in [-0.2, -0.15) is 0 Å². The minimum absolute atomic E-state index is 0.678. The molecule has 0 radical (unpaired) electrons. The van der Waals surface area contributed by atoms with Gasteiger partial charge >= 0.3 is 0 Å². The molecule has 0 aliphatic heterocycles. The molecule has 16 heavy (non-hydrogen) atoms. The van der Waals surface area contributed by atoms with Crippen LogP contribution in [-0.4, -0.2) is 25.4 Å². The highest BCUT2D eigenvalue weighted by Crippen LogP contribution is 2.25. The van der Waals surface area contributed by atoms with E-state index in [9.17, 15) is 4.79 Å². The lowest BCUT2D eigenvalue weighted by Crippen LogP contribution is -2.07. The Hall–Kier alpha value is -1.68. The van der Waals surface area contributed by atoms with Crippen LogP contribution in [0.15, 0.2) is 29.8 Å². The molecule has 1 heterocycles. The van der Waals surface area contributed by atoms with Crippen LogP contribution in [0, 0.1) is 0 Å². The van der Waals surface area contributed by atoms with E-state index in [2.05, 4.69) is 4.98 Å². The maximum Gasteiger partial charge on any atom is 0.162 e. The number of benzene rings is 1. The Labute approximate surface area is 98.4 Å². The molecular weight excluding hydrogens is 220 g/mol. The summed E-state index contributed by atoms with van der Waals surface area (Å²) in [6, 6.07) is 8.00. The normalized spacial score (nSPS) is 10.1. The molecule has 0 fully saturated rings. The Morgan fingerprint density at radius 2 is 1.94 bits per heavy atom. The monoisotopic (exact) mass is 232 g/mol. The molecule has 0 N–H and O–H groups in total. The number of aldehydes is 1. The largest absolute Gasteiger partial charge is 0.378 e. The lowest BCUT2D eigenvalue weighted by atomic mass is 10.1. The standard InChI is InChI=1S/C12H12N2OS/c1-14(2)10-5-3-9(4-6-10)12-11(7-15)16-8-13-12/h3-8H,1-2H3. The van der Waals surface area contributed by atoms with Crippen molar-refractivity contribution in [2.45, 2.75) is 0 Å². The number of nitrogens with zero attached hydrogens (tertiary/aromatic N) is 2. The highest BCUT2D eigenvalue weighted by Gasteiger charge is 2.07. The van der Waals surface area contributed by atoms with Crippen LogP contribution < -0.4 is 4.90 Å². The Bertz CT molecular complexity index is 488. The van der Waals surface area contributed by atoms with Crippen molar-refractivity contribution in [3.63, 3.8) is 0 Å². The Morgan fingerprint density at radius 3 is 2.50 bits per heavy atom. The zero-order valence-electron chi connectivity index (χ0n) is 9.18. The van der Waals surface area contributed by atoms with E-state index in [0.717, 1.165) is 23.2 Å². The third kappa shape index (κ3) is 1.97. The maximum atomic E-state index is 10.8. The van der Waals surface area contributed by atoms with E-state index in [1.807, 2.05) is 43.3 Å². The van der Waals surface area contributed by atoms with Crippen LogP contribution in [0.2, 0.25) is 0 Å². The average Bonchev–Trinajstić information content (AvgIpc) is 2.77. The summed E-state index contributed by atoms with van der Waals surface area (Å²) in [7, 11) is 3.99. The lowest BCUT2D eigenvalue weighted by Gasteiger charge is -2.12. The first-order valence-corrected chi connectivity index (χ1v) is 5.77. The summed E-state index contributed by atoms with van der Waals surface area (Å²) in [5.41, 5.74) is 4.57. The second-order valence-electron chi connectivity index (χ2n) is 3.62. The van der Waals surface area contributed by atoms with Gasteiger partial charge in [0, 0.05) is 25.3 Å². The van der Waals surface area contributed by atoms with E-state index in [1.54, 1.807) is 5.51 Å². The Balaban J connectivity index is 2.38. The summed E-state index contributed by atoms with van der Waals surface area (Å²) in [4.78, 5) is 17.7. The zero-order valence-corrected chi connectivity index (χ0v) is 9.99. The fourth-order valence-corrected chi connectivity index (χ4v) is 2.08. The Morgan fingerprint density at radius 1 is 1.25 bits per heavy atom. The first-order valence-electron chi connectivity index (χ1n) is 4.89. The molecule has 4 heteroatoms. The van der Waals surface area contributed by atoms with Gasteiger partial charge in [0.1, 0.15) is 0 Å². The third-order valence-electron chi connectivity index (χ3n) is 2.36. The van der Waals surface area contributed by atoms with Crippen molar-refractivity contribution in [2.75, 3.05) is 19.0 Å². The van der Waals surface area contributed by atoms with E-state index in [-0.39, 0.29) is 0 Å². The SMILES string of the molecule is CN(C)c1ccc(-c2ncsc2C=O)cc1. The average molecular weight is 232 g/mol. The van der Waals surface area contributed by atoms with Gasteiger partial charge in [-0.1, -0.05) is 12.1 Å². The summed E-state index contributed by atoms with van der Waals surface area (Å²) in [5, 5.41) is 0. The molecule has 3 nitrogen and oxygen atoms in total. The van der Waals surface area contributed by atoms with Crippen LogP contribution in [0.5, 0.6) is 0 Å². The first-order chi connectivity index (χ1) is 7.72. The van der Waals surface area contributed by atoms with Gasteiger partial charge in [-0.3, -0.25) is 4.79 Å². The first kappa shape index (κ1) is 10.8. The van der Waals surface area contributed by atoms with Crippen molar-refractivity contribution >= 4 is 23.3 Å². The lowest BCUT2D eigenvalue weighted by molar-refractivity contribution is 0.112. The van der Waals surface area contributed by atoms with Crippen LogP contribution in [0.3, 0.4) is 0 Å². The van der Waals surface area contributed by atoms with Gasteiger partial charge in [0.2, 0.25) is 0 Å². The summed E-state index contributed by atoms with van der Waals surface area (Å²) < 4.78 is 0. The quantitative estimate of drug-likeness (QED) is 0.763. The van der Waals surface area contributed by atoms with E-state index in [0.29, 0.717) is 4.88 Å². The molecule has 0 atom stereocenters. The molecule has 0 unspecified atom stereocenters. The van der Waals surface area contributed by atoms with Crippen LogP contribution in [0.1, 0.15) is 9.67 Å². The van der Waals surface area contributed by atoms with E-state index in [4.69, 9.17) is 0 Å². The summed E-state index contributed by atoms with van der Waals surface area (Å²) in [6.45, 7) is 0. The molecule has 0 bridgehead atoms. The molecular formula is C12H12N2OS. The van der Waals surface area contributed by atoms with Crippen molar-refractivity contribution < 1.29 is 4.79 Å². The fraction of sp³-hybridized carbons (Fsp3) is 0.167. The molecule has 2 rings (SSSR count). The van der Waals surface area contributed by atoms with Crippen molar-refractivity contribution in [3.8, 4) is 11.3 Å². The number of thiazole rings is 1. The van der Waals surface area contributed by atoms with Crippen molar-refractivity contribution in [2.24, 2.45) is 0 Å². The van der Waals surface area contributed by atoms with Gasteiger partial charge in [0.15, 0.2) is 6.29 Å². The summed E-state index contributed by atoms with van der Waals surface area (Å²) in [5.74, 6) is 0. The topological polar surface area (TPSA) is 33.2 Å². The number of hydrogen-bond donors (Lipinski definition) is 0. The van der Waals surface area contributed by atoms with E-state index in [1.165, 1.54) is 11.3 Å². The highest BCUT2D eigenvalue weighted by atomic mass is 32.1. The van der Waals surface area contributed by atoms with Crippen LogP contribution in [0.4, 0.5) is 5.69 Å². The number of carbonyl (C=O) groups excluding carboxylic acids is 1. The van der Waals surface area contributed by atoms with Crippen molar-refractivity contribution in [1.82, 2.24) is 4.98 Å². The molecule has 0 amide bonds. The molecule has 1 aromatic carbocycles. The minimum Gasteiger partial charge on any atom is -0.378 e. The molecule has 0 aliphatic carbocycles. The van der Waals surface area contributed by atoms with Crippen LogP contribution >= 0.6 is 11.3 Å². The fourth-order valence-electron chi connectivity index (χ4n) is 1.47. The smallest absolute Gasteiger partial charge is 0.162 e. The molecule has 2 aromatic rings. The molecule has 82 valence electrons. The number of carbonyl (C=O) groups is 1. The van der Waals surface area contributed by atoms with Crippen LogP contribution in [-0.2, 0) is 0 Å². The summed E-state index contributed by atoms with van der Waals surface area (Å²) in [6.07, 6.45) is 0.854. The number of hydrogen-bond acceptors (Lipinski definition) is 4. The number of rotatable bonds is 3. The second kappa shape index (κ2) is 4.45. The van der Waals surface area contributed by atoms with Gasteiger partial charge in [-0.25, -0.2) is 4.98 Å². The van der Waals surface area contributed by atoms with Gasteiger partial charge in [0.25, 0.3) is 0 Å². The number of anilines is 1. The zero-order chi connectivity index (χ0) is 11.5. The maximum absolute atomic E-state index is 10.8. The molecule has 0 aliphatic rings. The van der Waals surface area contributed by atoms with Crippen LogP contribution in [0.25, 0.3) is 11.3 Å². The second-order valence-corrected chi connectivity index (χ2v) is 4.51. The molecule has 0 spiro atoms. The number of aromatic nitrogens is 1. The van der Waals surface area contributed by atoms with Gasteiger partial charge in [-0.15, -0.1) is 11.3 Å². The predicted octanol–water partition coefficient (Wildman–Crippen LogP) is 2.69. The van der Waals surface area contributed by atoms with Gasteiger partial charge in [0.05, 0.1) is 16.1 Å². The van der Waals surface area contributed by atoms with Gasteiger partial charge < -0.3 is 4.90 Å².